The standard InChI is InChI=1S/C28H30O4/c1-27(2)12-18(29)24-21(14-27)32-22-15-28(3,4)13-19(30)25(22)26(24)23-17-9-7-6-8-16(17)10-11-20(23)31-5/h6-11,26H,12-15H2,1-5H3. The van der Waals surface area contributed by atoms with E-state index in [0.717, 1.165) is 27.9 Å². The summed E-state index contributed by atoms with van der Waals surface area (Å²) >= 11 is 0. The van der Waals surface area contributed by atoms with Gasteiger partial charge in [-0.3, -0.25) is 9.59 Å². The van der Waals surface area contributed by atoms with Gasteiger partial charge in [-0.1, -0.05) is 58.0 Å². The number of carbonyl (C=O) groups excluding carboxylic acids is 2. The summed E-state index contributed by atoms with van der Waals surface area (Å²) in [6.45, 7) is 8.41. The van der Waals surface area contributed by atoms with Gasteiger partial charge in [0, 0.05) is 42.4 Å². The average molecular weight is 431 g/mol. The highest BCUT2D eigenvalue weighted by molar-refractivity contribution is 6.08. The molecule has 4 nitrogen and oxygen atoms in total. The van der Waals surface area contributed by atoms with Gasteiger partial charge < -0.3 is 9.47 Å². The van der Waals surface area contributed by atoms with Gasteiger partial charge in [0.2, 0.25) is 0 Å². The molecule has 166 valence electrons. The van der Waals surface area contributed by atoms with Crippen LogP contribution < -0.4 is 4.74 Å². The Morgan fingerprint density at radius 3 is 1.94 bits per heavy atom. The number of ether oxygens (including phenoxy) is 2. The Morgan fingerprint density at radius 2 is 1.38 bits per heavy atom. The van der Waals surface area contributed by atoms with E-state index in [1.807, 2.05) is 24.3 Å². The van der Waals surface area contributed by atoms with Crippen LogP contribution in [0.1, 0.15) is 64.9 Å². The maximum absolute atomic E-state index is 13.6. The van der Waals surface area contributed by atoms with Gasteiger partial charge in [-0.05, 0) is 27.7 Å². The number of Topliss-reactive ketones (excluding diaryl/α,β-unsaturated/α-hetero) is 2. The number of hydrogen-bond donors (Lipinski definition) is 0. The molecule has 0 fully saturated rings. The second-order valence-electron chi connectivity index (χ2n) is 11.0. The van der Waals surface area contributed by atoms with Crippen LogP contribution in [-0.4, -0.2) is 18.7 Å². The zero-order valence-electron chi connectivity index (χ0n) is 19.5. The normalized spacial score (nSPS) is 22.5. The lowest BCUT2D eigenvalue weighted by Crippen LogP contribution is -2.37. The van der Waals surface area contributed by atoms with Crippen molar-refractivity contribution in [3.05, 3.63) is 64.6 Å². The highest BCUT2D eigenvalue weighted by Crippen LogP contribution is 2.55. The molecular weight excluding hydrogens is 400 g/mol. The number of rotatable bonds is 2. The fourth-order valence-electron chi connectivity index (χ4n) is 5.71. The van der Waals surface area contributed by atoms with Gasteiger partial charge in [-0.25, -0.2) is 0 Å². The van der Waals surface area contributed by atoms with Gasteiger partial charge in [0.25, 0.3) is 0 Å². The lowest BCUT2D eigenvalue weighted by atomic mass is 9.65. The minimum Gasteiger partial charge on any atom is -0.496 e. The SMILES string of the molecule is COc1ccc2ccccc2c1C1C2=C(CC(C)(C)CC2=O)OC2=C1C(=O)CC(C)(C)C2. The van der Waals surface area contributed by atoms with Crippen LogP contribution in [0.3, 0.4) is 0 Å². The quantitative estimate of drug-likeness (QED) is 0.565. The van der Waals surface area contributed by atoms with Gasteiger partial charge in [-0.2, -0.15) is 0 Å². The first-order valence-corrected chi connectivity index (χ1v) is 11.4. The molecule has 1 aliphatic heterocycles. The molecule has 2 aromatic carbocycles. The molecule has 3 aliphatic rings. The summed E-state index contributed by atoms with van der Waals surface area (Å²) in [7, 11) is 1.65. The molecule has 0 atom stereocenters. The van der Waals surface area contributed by atoms with Crippen LogP contribution in [0.15, 0.2) is 59.1 Å². The lowest BCUT2D eigenvalue weighted by Gasteiger charge is -2.43. The number of ketones is 2. The first kappa shape index (κ1) is 21.0. The van der Waals surface area contributed by atoms with Gasteiger partial charge in [0.15, 0.2) is 11.6 Å². The van der Waals surface area contributed by atoms with Gasteiger partial charge in [0.05, 0.1) is 13.0 Å². The summed E-state index contributed by atoms with van der Waals surface area (Å²) in [4.78, 5) is 27.1. The van der Waals surface area contributed by atoms with Crippen LogP contribution in [0.2, 0.25) is 0 Å². The van der Waals surface area contributed by atoms with Gasteiger partial charge >= 0.3 is 0 Å². The van der Waals surface area contributed by atoms with Crippen molar-refractivity contribution < 1.29 is 19.1 Å². The Labute approximate surface area is 189 Å². The average Bonchev–Trinajstić information content (AvgIpc) is 2.69. The molecule has 0 bridgehead atoms. The summed E-state index contributed by atoms with van der Waals surface area (Å²) in [5.74, 6) is 1.85. The number of methoxy groups -OCH3 is 1. The number of carbonyl (C=O) groups is 2. The van der Waals surface area contributed by atoms with Crippen molar-refractivity contribution >= 4 is 22.3 Å². The molecule has 2 aromatic rings. The van der Waals surface area contributed by atoms with Crippen LogP contribution in [0, 0.1) is 10.8 Å². The predicted molar refractivity (Wildman–Crippen MR) is 124 cm³/mol. The highest BCUT2D eigenvalue weighted by atomic mass is 16.5. The number of fused-ring (bicyclic) bond motifs is 1. The van der Waals surface area contributed by atoms with Crippen molar-refractivity contribution in [2.24, 2.45) is 10.8 Å². The van der Waals surface area contributed by atoms with E-state index in [1.165, 1.54) is 0 Å². The van der Waals surface area contributed by atoms with E-state index in [9.17, 15) is 9.59 Å². The largest absolute Gasteiger partial charge is 0.496 e. The molecule has 0 saturated carbocycles. The molecule has 4 heteroatoms. The molecule has 0 aromatic heterocycles. The van der Waals surface area contributed by atoms with E-state index in [0.29, 0.717) is 42.6 Å². The minimum atomic E-state index is -0.456. The molecule has 0 spiro atoms. The molecule has 1 heterocycles. The Bertz CT molecular complexity index is 1170. The topological polar surface area (TPSA) is 52.6 Å². The molecule has 2 aliphatic carbocycles. The first-order chi connectivity index (χ1) is 15.1. The molecule has 32 heavy (non-hydrogen) atoms. The molecule has 5 rings (SSSR count). The van der Waals surface area contributed by atoms with Crippen LogP contribution in [0.4, 0.5) is 0 Å². The summed E-state index contributed by atoms with van der Waals surface area (Å²) in [5.41, 5.74) is 1.84. The zero-order valence-corrected chi connectivity index (χ0v) is 19.5. The van der Waals surface area contributed by atoms with Crippen LogP contribution in [0.25, 0.3) is 10.8 Å². The second-order valence-corrected chi connectivity index (χ2v) is 11.0. The maximum Gasteiger partial charge on any atom is 0.163 e. The van der Waals surface area contributed by atoms with E-state index in [2.05, 4.69) is 39.8 Å². The van der Waals surface area contributed by atoms with E-state index in [4.69, 9.17) is 9.47 Å². The fraction of sp³-hybridized carbons (Fsp3) is 0.429. The Hall–Kier alpha value is -2.88. The zero-order chi connectivity index (χ0) is 22.8. The third-order valence-electron chi connectivity index (χ3n) is 7.02. The first-order valence-electron chi connectivity index (χ1n) is 11.4. The summed E-state index contributed by atoms with van der Waals surface area (Å²) < 4.78 is 12.2. The molecule has 0 amide bonds. The molecule has 0 N–H and O–H groups in total. The minimum absolute atomic E-state index is 0.0698. The van der Waals surface area contributed by atoms with Crippen molar-refractivity contribution in [3.63, 3.8) is 0 Å². The van der Waals surface area contributed by atoms with Gasteiger partial charge in [0.1, 0.15) is 17.3 Å². The molecule has 0 radical (unpaired) electrons. The fourth-order valence-corrected chi connectivity index (χ4v) is 5.71. The van der Waals surface area contributed by atoms with Crippen LogP contribution in [0.5, 0.6) is 5.75 Å². The molecule has 0 unspecified atom stereocenters. The second kappa shape index (κ2) is 7.06. The summed E-state index contributed by atoms with van der Waals surface area (Å²) in [5, 5.41) is 2.07. The monoisotopic (exact) mass is 430 g/mol. The Morgan fingerprint density at radius 1 is 0.812 bits per heavy atom. The Kier molecular flexibility index (Phi) is 4.63. The molecular formula is C28H30O4. The molecule has 0 saturated heterocycles. The van der Waals surface area contributed by atoms with E-state index >= 15 is 0 Å². The number of hydrogen-bond acceptors (Lipinski definition) is 4. The summed E-state index contributed by atoms with van der Waals surface area (Å²) in [6, 6.07) is 12.1. The van der Waals surface area contributed by atoms with Crippen LogP contribution >= 0.6 is 0 Å². The predicted octanol–water partition coefficient (Wildman–Crippen LogP) is 6.25. The van der Waals surface area contributed by atoms with E-state index < -0.39 is 5.92 Å². The number of allylic oxidation sites excluding steroid dienone is 4. The van der Waals surface area contributed by atoms with Crippen molar-refractivity contribution in [2.45, 2.75) is 59.3 Å². The maximum atomic E-state index is 13.6. The van der Waals surface area contributed by atoms with Crippen molar-refractivity contribution in [3.8, 4) is 5.75 Å². The van der Waals surface area contributed by atoms with E-state index in [1.54, 1.807) is 7.11 Å². The number of benzene rings is 2. The third-order valence-corrected chi connectivity index (χ3v) is 7.02. The van der Waals surface area contributed by atoms with E-state index in [-0.39, 0.29) is 22.4 Å². The van der Waals surface area contributed by atoms with Crippen molar-refractivity contribution in [2.75, 3.05) is 7.11 Å². The smallest absolute Gasteiger partial charge is 0.163 e. The third kappa shape index (κ3) is 3.28. The van der Waals surface area contributed by atoms with Crippen molar-refractivity contribution in [1.29, 1.82) is 0 Å². The Balaban J connectivity index is 1.83. The lowest BCUT2D eigenvalue weighted by molar-refractivity contribution is -0.120. The van der Waals surface area contributed by atoms with Gasteiger partial charge in [-0.15, -0.1) is 0 Å². The van der Waals surface area contributed by atoms with Crippen LogP contribution in [-0.2, 0) is 14.3 Å². The van der Waals surface area contributed by atoms with Crippen molar-refractivity contribution in [1.82, 2.24) is 0 Å². The summed E-state index contributed by atoms with van der Waals surface area (Å²) in [6.07, 6.45) is 2.26. The highest BCUT2D eigenvalue weighted by Gasteiger charge is 2.48.